The highest BCUT2D eigenvalue weighted by molar-refractivity contribution is 7.90. The molecule has 0 saturated heterocycles. The highest BCUT2D eigenvalue weighted by Crippen LogP contribution is 2.35. The molecule has 2 heterocycles. The summed E-state index contributed by atoms with van der Waals surface area (Å²) in [6.07, 6.45) is 1.59. The Bertz CT molecular complexity index is 982. The van der Waals surface area contributed by atoms with E-state index in [1.165, 1.54) is 7.11 Å². The molecular formula is C16H14N2O4S2. The second kappa shape index (κ2) is 6.68. The van der Waals surface area contributed by atoms with Gasteiger partial charge >= 0.3 is 5.97 Å². The quantitative estimate of drug-likeness (QED) is 0.705. The zero-order chi connectivity index (χ0) is 17.2. The van der Waals surface area contributed by atoms with Crippen molar-refractivity contribution in [2.75, 3.05) is 7.11 Å². The number of benzene rings is 1. The number of hydrogen-bond acceptors (Lipinski definition) is 6. The van der Waals surface area contributed by atoms with Crippen LogP contribution in [-0.2, 0) is 21.3 Å². The third-order valence-corrected chi connectivity index (χ3v) is 6.12. The number of nitrogens with one attached hydrogen (secondary N) is 1. The minimum atomic E-state index is -3.91. The Morgan fingerprint density at radius 1 is 1.21 bits per heavy atom. The molecule has 1 aromatic carbocycles. The SMILES string of the molecule is COC(=O)c1sc2ccccc2c1S(=O)(=O)NCc1ccccn1. The van der Waals surface area contributed by atoms with Gasteiger partial charge in [-0.15, -0.1) is 11.3 Å². The van der Waals surface area contributed by atoms with Crippen LogP contribution in [0.1, 0.15) is 15.4 Å². The minimum absolute atomic E-state index is 0.0357. The fraction of sp³-hybridized carbons (Fsp3) is 0.125. The van der Waals surface area contributed by atoms with E-state index in [1.54, 1.807) is 48.7 Å². The summed E-state index contributed by atoms with van der Waals surface area (Å²) in [6.45, 7) is 0.0357. The van der Waals surface area contributed by atoms with E-state index < -0.39 is 16.0 Å². The second-order valence-electron chi connectivity index (χ2n) is 4.89. The Morgan fingerprint density at radius 2 is 1.96 bits per heavy atom. The van der Waals surface area contributed by atoms with Crippen molar-refractivity contribution in [3.8, 4) is 0 Å². The lowest BCUT2D eigenvalue weighted by molar-refractivity contribution is 0.0602. The van der Waals surface area contributed by atoms with E-state index in [1.807, 2.05) is 0 Å². The molecule has 2 aromatic heterocycles. The zero-order valence-corrected chi connectivity index (χ0v) is 14.4. The van der Waals surface area contributed by atoms with Crippen molar-refractivity contribution >= 4 is 37.4 Å². The molecule has 1 N–H and O–H groups in total. The molecule has 3 rings (SSSR count). The van der Waals surface area contributed by atoms with Gasteiger partial charge in [0.05, 0.1) is 19.3 Å². The molecule has 124 valence electrons. The summed E-state index contributed by atoms with van der Waals surface area (Å²) in [7, 11) is -2.68. The van der Waals surface area contributed by atoms with Crippen LogP contribution in [0, 0.1) is 0 Å². The van der Waals surface area contributed by atoms with Gasteiger partial charge < -0.3 is 4.74 Å². The predicted octanol–water partition coefficient (Wildman–Crippen LogP) is 2.56. The van der Waals surface area contributed by atoms with Crippen molar-refractivity contribution < 1.29 is 17.9 Å². The average molecular weight is 362 g/mol. The first-order valence-electron chi connectivity index (χ1n) is 7.02. The number of esters is 1. The van der Waals surface area contributed by atoms with Gasteiger partial charge in [-0.2, -0.15) is 0 Å². The number of nitrogens with zero attached hydrogens (tertiary/aromatic N) is 1. The molecular weight excluding hydrogens is 348 g/mol. The van der Waals surface area contributed by atoms with Crippen LogP contribution in [0.5, 0.6) is 0 Å². The highest BCUT2D eigenvalue weighted by Gasteiger charge is 2.28. The number of thiophene rings is 1. The zero-order valence-electron chi connectivity index (χ0n) is 12.7. The average Bonchev–Trinajstić information content (AvgIpc) is 3.00. The van der Waals surface area contributed by atoms with E-state index in [-0.39, 0.29) is 16.3 Å². The summed E-state index contributed by atoms with van der Waals surface area (Å²) >= 11 is 1.10. The Labute approximate surface area is 143 Å². The van der Waals surface area contributed by atoms with Gasteiger partial charge in [0.1, 0.15) is 9.77 Å². The van der Waals surface area contributed by atoms with Crippen molar-refractivity contribution in [3.63, 3.8) is 0 Å². The number of carbonyl (C=O) groups excluding carboxylic acids is 1. The molecule has 3 aromatic rings. The normalized spacial score (nSPS) is 11.5. The van der Waals surface area contributed by atoms with Gasteiger partial charge in [0.25, 0.3) is 0 Å². The van der Waals surface area contributed by atoms with Crippen LogP contribution in [0.25, 0.3) is 10.1 Å². The number of sulfonamides is 1. The van der Waals surface area contributed by atoms with E-state index in [0.717, 1.165) is 11.3 Å². The number of fused-ring (bicyclic) bond motifs is 1. The number of methoxy groups -OCH3 is 1. The molecule has 0 aliphatic heterocycles. The molecule has 8 heteroatoms. The Balaban J connectivity index is 2.04. The molecule has 0 fully saturated rings. The van der Waals surface area contributed by atoms with Crippen molar-refractivity contribution in [2.24, 2.45) is 0 Å². The molecule has 0 amide bonds. The number of rotatable bonds is 5. The maximum atomic E-state index is 12.8. The molecule has 24 heavy (non-hydrogen) atoms. The third-order valence-electron chi connectivity index (χ3n) is 3.36. The van der Waals surface area contributed by atoms with Crippen LogP contribution in [0.15, 0.2) is 53.6 Å². The van der Waals surface area contributed by atoms with E-state index in [0.29, 0.717) is 15.8 Å². The Hall–Kier alpha value is -2.29. The molecule has 0 unspecified atom stereocenters. The monoisotopic (exact) mass is 362 g/mol. The van der Waals surface area contributed by atoms with Crippen LogP contribution in [0.2, 0.25) is 0 Å². The number of carbonyl (C=O) groups is 1. The lowest BCUT2D eigenvalue weighted by atomic mass is 10.2. The summed E-state index contributed by atoms with van der Waals surface area (Å²) in [4.78, 5) is 16.1. The number of hydrogen-bond donors (Lipinski definition) is 1. The molecule has 0 saturated carbocycles. The highest BCUT2D eigenvalue weighted by atomic mass is 32.2. The van der Waals surface area contributed by atoms with Gasteiger partial charge in [-0.1, -0.05) is 24.3 Å². The molecule has 0 spiro atoms. The third kappa shape index (κ3) is 3.16. The van der Waals surface area contributed by atoms with E-state index in [9.17, 15) is 13.2 Å². The van der Waals surface area contributed by atoms with Crippen LogP contribution in [-0.4, -0.2) is 26.5 Å². The minimum Gasteiger partial charge on any atom is -0.465 e. The number of pyridine rings is 1. The van der Waals surface area contributed by atoms with E-state index in [4.69, 9.17) is 4.74 Å². The molecule has 0 atom stereocenters. The van der Waals surface area contributed by atoms with Crippen LogP contribution in [0.3, 0.4) is 0 Å². The summed E-state index contributed by atoms with van der Waals surface area (Å²) in [5.74, 6) is -0.672. The van der Waals surface area contributed by atoms with Gasteiger partial charge in [-0.25, -0.2) is 17.9 Å². The van der Waals surface area contributed by atoms with Crippen molar-refractivity contribution in [1.82, 2.24) is 9.71 Å². The van der Waals surface area contributed by atoms with Crippen molar-refractivity contribution in [3.05, 3.63) is 59.2 Å². The lowest BCUT2D eigenvalue weighted by Gasteiger charge is -2.07. The Morgan fingerprint density at radius 3 is 2.67 bits per heavy atom. The first kappa shape index (κ1) is 16.6. The van der Waals surface area contributed by atoms with Gasteiger partial charge in [0, 0.05) is 16.3 Å². The summed E-state index contributed by atoms with van der Waals surface area (Å²) in [5, 5.41) is 0.497. The van der Waals surface area contributed by atoms with Crippen LogP contribution >= 0.6 is 11.3 Å². The molecule has 6 nitrogen and oxygen atoms in total. The predicted molar refractivity (Wildman–Crippen MR) is 91.4 cm³/mol. The molecule has 0 aliphatic rings. The lowest BCUT2D eigenvalue weighted by Crippen LogP contribution is -2.25. The van der Waals surface area contributed by atoms with Crippen molar-refractivity contribution in [2.45, 2.75) is 11.4 Å². The maximum absolute atomic E-state index is 12.8. The van der Waals surface area contributed by atoms with Gasteiger partial charge in [-0.05, 0) is 18.2 Å². The van der Waals surface area contributed by atoms with E-state index >= 15 is 0 Å². The second-order valence-corrected chi connectivity index (χ2v) is 7.65. The summed E-state index contributed by atoms with van der Waals surface area (Å²) in [6, 6.07) is 12.2. The summed E-state index contributed by atoms with van der Waals surface area (Å²) in [5.41, 5.74) is 0.584. The van der Waals surface area contributed by atoms with Gasteiger partial charge in [0.15, 0.2) is 0 Å². The topological polar surface area (TPSA) is 85.4 Å². The van der Waals surface area contributed by atoms with E-state index in [2.05, 4.69) is 9.71 Å². The molecule has 0 aliphatic carbocycles. The fourth-order valence-electron chi connectivity index (χ4n) is 2.26. The maximum Gasteiger partial charge on any atom is 0.349 e. The van der Waals surface area contributed by atoms with Crippen molar-refractivity contribution in [1.29, 1.82) is 0 Å². The van der Waals surface area contributed by atoms with Crippen LogP contribution < -0.4 is 4.72 Å². The van der Waals surface area contributed by atoms with Crippen LogP contribution in [0.4, 0.5) is 0 Å². The Kier molecular flexibility index (Phi) is 4.61. The number of ether oxygens (including phenoxy) is 1. The summed E-state index contributed by atoms with van der Waals surface area (Å²) < 4.78 is 33.5. The number of aromatic nitrogens is 1. The largest absolute Gasteiger partial charge is 0.465 e. The first-order chi connectivity index (χ1) is 11.5. The smallest absolute Gasteiger partial charge is 0.349 e. The van der Waals surface area contributed by atoms with Gasteiger partial charge in [-0.3, -0.25) is 4.98 Å². The fourth-order valence-corrected chi connectivity index (χ4v) is 5.07. The first-order valence-corrected chi connectivity index (χ1v) is 9.32. The standard InChI is InChI=1S/C16H14N2O4S2/c1-22-16(19)14-15(12-7-2-3-8-13(12)23-14)24(20,21)18-10-11-6-4-5-9-17-11/h2-9,18H,10H2,1H3. The van der Waals surface area contributed by atoms with Gasteiger partial charge in [0.2, 0.25) is 10.0 Å². The molecule has 0 radical (unpaired) electrons. The molecule has 0 bridgehead atoms.